The van der Waals surface area contributed by atoms with Gasteiger partial charge in [0, 0.05) is 57.5 Å². The Balaban J connectivity index is 1.66. The molecule has 1 aromatic rings. The minimum atomic E-state index is -3.22. The van der Waals surface area contributed by atoms with Crippen molar-refractivity contribution in [3.63, 3.8) is 0 Å². The second kappa shape index (κ2) is 10.3. The Morgan fingerprint density at radius 2 is 1.84 bits per heavy atom. The Morgan fingerprint density at radius 3 is 2.44 bits per heavy atom. The monoisotopic (exact) mass is 464 g/mol. The van der Waals surface area contributed by atoms with E-state index >= 15 is 0 Å². The van der Waals surface area contributed by atoms with E-state index in [1.54, 1.807) is 12.1 Å². The molecule has 2 fully saturated rings. The summed E-state index contributed by atoms with van der Waals surface area (Å²) in [5.41, 5.74) is 0.985. The summed E-state index contributed by atoms with van der Waals surface area (Å²) in [6.45, 7) is 7.36. The zero-order chi connectivity index (χ0) is 23.5. The number of hydrogen-bond acceptors (Lipinski definition) is 6. The predicted octanol–water partition coefficient (Wildman–Crippen LogP) is 1.11. The first-order valence-electron chi connectivity index (χ1n) is 11.5. The Hall–Kier alpha value is -1.97. The molecule has 178 valence electrons. The average Bonchev–Trinajstić information content (AvgIpc) is 3.12. The van der Waals surface area contributed by atoms with Crippen molar-refractivity contribution in [2.24, 2.45) is 0 Å². The maximum atomic E-state index is 13.0. The number of nitrogens with one attached hydrogen (secondary N) is 1. The van der Waals surface area contributed by atoms with E-state index in [-0.39, 0.29) is 29.9 Å². The Bertz CT molecular complexity index is 914. The van der Waals surface area contributed by atoms with Crippen LogP contribution in [0.25, 0.3) is 0 Å². The van der Waals surface area contributed by atoms with Gasteiger partial charge in [-0.3, -0.25) is 19.4 Å². The molecule has 0 radical (unpaired) electrons. The van der Waals surface area contributed by atoms with Crippen molar-refractivity contribution in [1.29, 1.82) is 0 Å². The molecule has 2 saturated heterocycles. The van der Waals surface area contributed by atoms with Gasteiger partial charge in [-0.2, -0.15) is 0 Å². The predicted molar refractivity (Wildman–Crippen MR) is 124 cm³/mol. The molecule has 8 nitrogen and oxygen atoms in total. The summed E-state index contributed by atoms with van der Waals surface area (Å²) < 4.78 is 23.4. The second-order valence-electron chi connectivity index (χ2n) is 8.86. The van der Waals surface area contributed by atoms with E-state index in [9.17, 15) is 18.0 Å². The molecule has 0 aromatic heterocycles. The van der Waals surface area contributed by atoms with Crippen molar-refractivity contribution in [3.8, 4) is 0 Å². The first kappa shape index (κ1) is 24.7. The van der Waals surface area contributed by atoms with E-state index in [1.165, 1.54) is 6.26 Å². The average molecular weight is 465 g/mol. The van der Waals surface area contributed by atoms with Crippen LogP contribution in [0.3, 0.4) is 0 Å². The number of rotatable bonds is 8. The lowest BCUT2D eigenvalue weighted by Crippen LogP contribution is -2.49. The van der Waals surface area contributed by atoms with Crippen LogP contribution in [0.5, 0.6) is 0 Å². The lowest BCUT2D eigenvalue weighted by Gasteiger charge is -2.33. The van der Waals surface area contributed by atoms with Gasteiger partial charge in [-0.1, -0.05) is 12.1 Å². The van der Waals surface area contributed by atoms with Crippen LogP contribution >= 0.6 is 0 Å². The van der Waals surface area contributed by atoms with E-state index in [1.807, 2.05) is 30.9 Å². The molecule has 2 heterocycles. The van der Waals surface area contributed by atoms with Gasteiger partial charge in [0.15, 0.2) is 9.84 Å². The van der Waals surface area contributed by atoms with E-state index in [2.05, 4.69) is 22.2 Å². The number of likely N-dealkylation sites (N-methyl/N-ethyl adjacent to an activating group) is 1. The number of benzene rings is 1. The third-order valence-corrected chi connectivity index (χ3v) is 8.02. The fourth-order valence-electron chi connectivity index (χ4n) is 4.93. The third-order valence-electron chi connectivity index (χ3n) is 6.89. The number of carbonyl (C=O) groups is 2. The standard InChI is InChI=1S/C23H36N4O4S/c1-5-26(6-2)21(28)12-9-18-15-24-23(29)22-20(25(18)3)13-14-27(22)16-17-7-10-19(11-8-17)32(4,30)31/h7-8,10-11,18,20,22H,5-6,9,12-16H2,1-4H3,(H,24,29). The number of sulfone groups is 1. The van der Waals surface area contributed by atoms with Crippen molar-refractivity contribution >= 4 is 21.7 Å². The van der Waals surface area contributed by atoms with Gasteiger partial charge in [0.2, 0.25) is 11.8 Å². The lowest BCUT2D eigenvalue weighted by molar-refractivity contribution is -0.131. The number of likely N-dealkylation sites (tertiary alicyclic amines) is 1. The normalized spacial score (nSPS) is 24.6. The van der Waals surface area contributed by atoms with Crippen LogP contribution in [0, 0.1) is 0 Å². The summed E-state index contributed by atoms with van der Waals surface area (Å²) in [6, 6.07) is 6.87. The highest BCUT2D eigenvalue weighted by Crippen LogP contribution is 2.29. The van der Waals surface area contributed by atoms with Gasteiger partial charge in [0.25, 0.3) is 0 Å². The Kier molecular flexibility index (Phi) is 7.95. The van der Waals surface area contributed by atoms with Gasteiger partial charge in [-0.15, -0.1) is 0 Å². The number of carbonyl (C=O) groups excluding carboxylic acids is 2. The van der Waals surface area contributed by atoms with Crippen LogP contribution in [0.2, 0.25) is 0 Å². The van der Waals surface area contributed by atoms with Crippen molar-refractivity contribution in [2.75, 3.05) is 39.5 Å². The first-order valence-corrected chi connectivity index (χ1v) is 13.3. The summed E-state index contributed by atoms with van der Waals surface area (Å²) in [7, 11) is -1.16. The van der Waals surface area contributed by atoms with Crippen LogP contribution in [0.4, 0.5) is 0 Å². The van der Waals surface area contributed by atoms with E-state index < -0.39 is 9.84 Å². The molecule has 2 aliphatic rings. The topological polar surface area (TPSA) is 90.0 Å². The van der Waals surface area contributed by atoms with Crippen LogP contribution in [0.1, 0.15) is 38.7 Å². The van der Waals surface area contributed by atoms with Crippen LogP contribution < -0.4 is 5.32 Å². The first-order chi connectivity index (χ1) is 15.2. The highest BCUT2D eigenvalue weighted by Gasteiger charge is 2.44. The van der Waals surface area contributed by atoms with Crippen LogP contribution in [-0.4, -0.2) is 92.5 Å². The molecule has 1 N–H and O–H groups in total. The summed E-state index contributed by atoms with van der Waals surface area (Å²) in [5.74, 6) is 0.200. The van der Waals surface area contributed by atoms with Crippen molar-refractivity contribution in [1.82, 2.24) is 20.0 Å². The molecule has 0 bridgehead atoms. The molecule has 0 aliphatic carbocycles. The van der Waals surface area contributed by atoms with E-state index in [0.717, 1.165) is 38.0 Å². The zero-order valence-electron chi connectivity index (χ0n) is 19.6. The quantitative estimate of drug-likeness (QED) is 0.620. The fraction of sp³-hybridized carbons (Fsp3) is 0.652. The summed E-state index contributed by atoms with van der Waals surface area (Å²) in [6.07, 6.45) is 3.30. The molecule has 3 rings (SSSR count). The fourth-order valence-corrected chi connectivity index (χ4v) is 5.56. The summed E-state index contributed by atoms with van der Waals surface area (Å²) >= 11 is 0. The SMILES string of the molecule is CCN(CC)C(=O)CCC1CNC(=O)C2C(CCN2Cc2ccc(S(C)(=O)=O)cc2)N1C. The molecule has 1 aromatic carbocycles. The minimum absolute atomic E-state index is 0.0321. The molecule has 3 unspecified atom stereocenters. The number of hydrogen-bond donors (Lipinski definition) is 1. The highest BCUT2D eigenvalue weighted by molar-refractivity contribution is 7.90. The smallest absolute Gasteiger partial charge is 0.239 e. The Morgan fingerprint density at radius 1 is 1.19 bits per heavy atom. The molecule has 0 saturated carbocycles. The molecule has 32 heavy (non-hydrogen) atoms. The highest BCUT2D eigenvalue weighted by atomic mass is 32.2. The van der Waals surface area contributed by atoms with Gasteiger partial charge in [0.1, 0.15) is 6.04 Å². The molecule has 9 heteroatoms. The second-order valence-corrected chi connectivity index (χ2v) is 10.9. The zero-order valence-corrected chi connectivity index (χ0v) is 20.4. The third kappa shape index (κ3) is 5.50. The Labute approximate surface area is 191 Å². The van der Waals surface area contributed by atoms with Gasteiger partial charge in [0.05, 0.1) is 4.90 Å². The van der Waals surface area contributed by atoms with Crippen molar-refractivity contribution < 1.29 is 18.0 Å². The lowest BCUT2D eigenvalue weighted by atomic mass is 10.0. The number of fused-ring (bicyclic) bond motifs is 1. The van der Waals surface area contributed by atoms with Crippen molar-refractivity contribution in [3.05, 3.63) is 29.8 Å². The molecule has 0 spiro atoms. The van der Waals surface area contributed by atoms with Gasteiger partial charge >= 0.3 is 0 Å². The summed E-state index contributed by atoms with van der Waals surface area (Å²) in [5, 5.41) is 3.10. The number of nitrogens with zero attached hydrogens (tertiary/aromatic N) is 3. The van der Waals surface area contributed by atoms with Gasteiger partial charge in [-0.05, 0) is 51.4 Å². The van der Waals surface area contributed by atoms with Gasteiger partial charge < -0.3 is 10.2 Å². The van der Waals surface area contributed by atoms with Crippen LogP contribution in [0.15, 0.2) is 29.2 Å². The summed E-state index contributed by atoms with van der Waals surface area (Å²) in [4.78, 5) is 32.0. The van der Waals surface area contributed by atoms with E-state index in [4.69, 9.17) is 0 Å². The molecule has 2 amide bonds. The largest absolute Gasteiger partial charge is 0.353 e. The molecular weight excluding hydrogens is 428 g/mol. The molecule has 3 atom stereocenters. The van der Waals surface area contributed by atoms with E-state index in [0.29, 0.717) is 24.4 Å². The molecule has 2 aliphatic heterocycles. The maximum absolute atomic E-state index is 13.0. The minimum Gasteiger partial charge on any atom is -0.353 e. The maximum Gasteiger partial charge on any atom is 0.239 e. The number of amides is 2. The van der Waals surface area contributed by atoms with Gasteiger partial charge in [-0.25, -0.2) is 8.42 Å². The van der Waals surface area contributed by atoms with Crippen molar-refractivity contribution in [2.45, 2.75) is 62.7 Å². The molecular formula is C23H36N4O4S. The van der Waals surface area contributed by atoms with Crippen LogP contribution in [-0.2, 0) is 26.0 Å².